The fourth-order valence-electron chi connectivity index (χ4n) is 1.53. The number of nitrogens with zero attached hydrogens (tertiary/aromatic N) is 1. The molecule has 1 atom stereocenters. The van der Waals surface area contributed by atoms with Gasteiger partial charge >= 0.3 is 0 Å². The second-order valence-electron chi connectivity index (χ2n) is 4.17. The van der Waals surface area contributed by atoms with E-state index in [1.807, 2.05) is 31.2 Å². The second kappa shape index (κ2) is 5.49. The quantitative estimate of drug-likeness (QED) is 0.899. The molecular formula is C14H16N2O2. The van der Waals surface area contributed by atoms with Crippen molar-refractivity contribution in [2.75, 3.05) is 0 Å². The normalized spacial score (nSPS) is 12.1. The van der Waals surface area contributed by atoms with Crippen molar-refractivity contribution in [1.82, 2.24) is 10.2 Å². The molecule has 4 nitrogen and oxygen atoms in total. The van der Waals surface area contributed by atoms with Crippen LogP contribution < -0.4 is 10.3 Å². The third-order valence-corrected chi connectivity index (χ3v) is 2.74. The van der Waals surface area contributed by atoms with Crippen molar-refractivity contribution in [1.29, 1.82) is 0 Å². The van der Waals surface area contributed by atoms with Crippen LogP contribution in [0.1, 0.15) is 20.3 Å². The molecule has 0 spiro atoms. The fraction of sp³-hybridized carbons (Fsp3) is 0.286. The Morgan fingerprint density at radius 2 is 1.94 bits per heavy atom. The summed E-state index contributed by atoms with van der Waals surface area (Å²) in [6.07, 6.45) is 1.19. The standard InChI is InChI=1S/C14H16N2O2/c1-3-10(2)18-12-6-4-11(5-7-12)13-8-9-14(17)16-15-13/h4-10H,3H2,1-2H3,(H,16,17). The smallest absolute Gasteiger partial charge is 0.264 e. The Hall–Kier alpha value is -2.10. The lowest BCUT2D eigenvalue weighted by Gasteiger charge is -2.12. The van der Waals surface area contributed by atoms with E-state index >= 15 is 0 Å². The third kappa shape index (κ3) is 2.97. The number of hydrogen-bond acceptors (Lipinski definition) is 3. The van der Waals surface area contributed by atoms with E-state index in [0.29, 0.717) is 0 Å². The first-order valence-corrected chi connectivity index (χ1v) is 6.02. The number of benzene rings is 1. The summed E-state index contributed by atoms with van der Waals surface area (Å²) in [5, 5.41) is 6.39. The second-order valence-corrected chi connectivity index (χ2v) is 4.17. The molecule has 0 radical (unpaired) electrons. The van der Waals surface area contributed by atoms with E-state index in [1.165, 1.54) is 6.07 Å². The Labute approximate surface area is 106 Å². The molecule has 1 aromatic heterocycles. The highest BCUT2D eigenvalue weighted by Crippen LogP contribution is 2.20. The van der Waals surface area contributed by atoms with Gasteiger partial charge in [0.1, 0.15) is 5.75 Å². The van der Waals surface area contributed by atoms with Gasteiger partial charge in [-0.1, -0.05) is 6.92 Å². The molecule has 0 amide bonds. The van der Waals surface area contributed by atoms with Crippen molar-refractivity contribution >= 4 is 0 Å². The Kier molecular flexibility index (Phi) is 3.77. The molecule has 2 rings (SSSR count). The molecule has 1 aromatic carbocycles. The zero-order chi connectivity index (χ0) is 13.0. The van der Waals surface area contributed by atoms with Crippen LogP contribution in [0.25, 0.3) is 11.3 Å². The molecule has 1 N–H and O–H groups in total. The lowest BCUT2D eigenvalue weighted by Crippen LogP contribution is -2.09. The van der Waals surface area contributed by atoms with Crippen molar-refractivity contribution in [2.45, 2.75) is 26.4 Å². The number of H-pyrrole nitrogens is 1. The van der Waals surface area contributed by atoms with Gasteiger partial charge in [-0.2, -0.15) is 5.10 Å². The molecule has 0 aliphatic carbocycles. The van der Waals surface area contributed by atoms with E-state index in [0.717, 1.165) is 23.4 Å². The number of nitrogens with one attached hydrogen (secondary N) is 1. The highest BCUT2D eigenvalue weighted by Gasteiger charge is 2.03. The van der Waals surface area contributed by atoms with Crippen LogP contribution in [0.3, 0.4) is 0 Å². The maximum atomic E-state index is 10.9. The largest absolute Gasteiger partial charge is 0.491 e. The number of aromatic amines is 1. The highest BCUT2D eigenvalue weighted by atomic mass is 16.5. The van der Waals surface area contributed by atoms with Crippen molar-refractivity contribution in [3.8, 4) is 17.0 Å². The van der Waals surface area contributed by atoms with Gasteiger partial charge in [0, 0.05) is 11.6 Å². The van der Waals surface area contributed by atoms with Gasteiger partial charge in [0.15, 0.2) is 0 Å². The summed E-state index contributed by atoms with van der Waals surface area (Å²) in [5.41, 5.74) is 1.49. The molecular weight excluding hydrogens is 228 g/mol. The average molecular weight is 244 g/mol. The van der Waals surface area contributed by atoms with Crippen molar-refractivity contribution in [2.24, 2.45) is 0 Å². The predicted molar refractivity (Wildman–Crippen MR) is 70.7 cm³/mol. The highest BCUT2D eigenvalue weighted by molar-refractivity contribution is 5.59. The molecule has 0 aliphatic rings. The summed E-state index contributed by atoms with van der Waals surface area (Å²) in [5.74, 6) is 0.845. The topological polar surface area (TPSA) is 55.0 Å². The van der Waals surface area contributed by atoms with Crippen molar-refractivity contribution < 1.29 is 4.74 Å². The van der Waals surface area contributed by atoms with Crippen LogP contribution in [-0.2, 0) is 0 Å². The number of hydrogen-bond donors (Lipinski definition) is 1. The summed E-state index contributed by atoms with van der Waals surface area (Å²) in [6.45, 7) is 4.13. The van der Waals surface area contributed by atoms with Crippen LogP contribution in [0.5, 0.6) is 5.75 Å². The van der Waals surface area contributed by atoms with E-state index < -0.39 is 0 Å². The van der Waals surface area contributed by atoms with Crippen LogP contribution in [0.4, 0.5) is 0 Å². The summed E-state index contributed by atoms with van der Waals surface area (Å²) in [7, 11) is 0. The molecule has 18 heavy (non-hydrogen) atoms. The molecule has 2 aromatic rings. The molecule has 94 valence electrons. The van der Waals surface area contributed by atoms with Gasteiger partial charge < -0.3 is 4.74 Å². The van der Waals surface area contributed by atoms with Gasteiger partial charge in [0.25, 0.3) is 5.56 Å². The lowest BCUT2D eigenvalue weighted by atomic mass is 10.1. The van der Waals surface area contributed by atoms with Gasteiger partial charge in [0.05, 0.1) is 11.8 Å². The number of ether oxygens (including phenoxy) is 1. The van der Waals surface area contributed by atoms with Gasteiger partial charge in [-0.05, 0) is 43.7 Å². The van der Waals surface area contributed by atoms with E-state index in [-0.39, 0.29) is 11.7 Å². The van der Waals surface area contributed by atoms with E-state index in [1.54, 1.807) is 6.07 Å². The maximum absolute atomic E-state index is 10.9. The SMILES string of the molecule is CCC(C)Oc1ccc(-c2ccc(=O)[nH]n2)cc1. The molecule has 0 saturated heterocycles. The van der Waals surface area contributed by atoms with E-state index in [2.05, 4.69) is 17.1 Å². The van der Waals surface area contributed by atoms with Gasteiger partial charge in [-0.25, -0.2) is 5.10 Å². The predicted octanol–water partition coefficient (Wildman–Crippen LogP) is 2.61. The minimum absolute atomic E-state index is 0.199. The van der Waals surface area contributed by atoms with E-state index in [9.17, 15) is 4.79 Å². The third-order valence-electron chi connectivity index (χ3n) is 2.74. The Balaban J connectivity index is 2.17. The van der Waals surface area contributed by atoms with Gasteiger partial charge in [-0.15, -0.1) is 0 Å². The Bertz CT molecular complexity index is 540. The van der Waals surface area contributed by atoms with Crippen molar-refractivity contribution in [3.63, 3.8) is 0 Å². The fourth-order valence-corrected chi connectivity index (χ4v) is 1.53. The summed E-state index contributed by atoms with van der Waals surface area (Å²) in [4.78, 5) is 10.9. The van der Waals surface area contributed by atoms with E-state index in [4.69, 9.17) is 4.74 Å². The van der Waals surface area contributed by atoms with Gasteiger partial charge in [0.2, 0.25) is 0 Å². The Morgan fingerprint density at radius 3 is 2.50 bits per heavy atom. The maximum Gasteiger partial charge on any atom is 0.264 e. The molecule has 0 saturated carbocycles. The van der Waals surface area contributed by atoms with Crippen LogP contribution in [-0.4, -0.2) is 16.3 Å². The monoisotopic (exact) mass is 244 g/mol. The number of rotatable bonds is 4. The minimum atomic E-state index is -0.199. The average Bonchev–Trinajstić information content (AvgIpc) is 2.40. The molecule has 0 bridgehead atoms. The van der Waals surface area contributed by atoms with Crippen LogP contribution >= 0.6 is 0 Å². The number of aromatic nitrogens is 2. The molecule has 4 heteroatoms. The molecule has 1 heterocycles. The molecule has 0 aliphatic heterocycles. The lowest BCUT2D eigenvalue weighted by molar-refractivity contribution is 0.217. The van der Waals surface area contributed by atoms with Gasteiger partial charge in [-0.3, -0.25) is 4.79 Å². The minimum Gasteiger partial charge on any atom is -0.491 e. The zero-order valence-electron chi connectivity index (χ0n) is 10.5. The summed E-state index contributed by atoms with van der Waals surface area (Å²) < 4.78 is 5.70. The first-order chi connectivity index (χ1) is 8.69. The molecule has 0 fully saturated rings. The first-order valence-electron chi connectivity index (χ1n) is 6.02. The molecule has 1 unspecified atom stereocenters. The zero-order valence-corrected chi connectivity index (χ0v) is 10.5. The summed E-state index contributed by atoms with van der Waals surface area (Å²) >= 11 is 0. The van der Waals surface area contributed by atoms with Crippen LogP contribution in [0, 0.1) is 0 Å². The van der Waals surface area contributed by atoms with Crippen LogP contribution in [0.15, 0.2) is 41.2 Å². The summed E-state index contributed by atoms with van der Waals surface area (Å²) in [6, 6.07) is 10.8. The van der Waals surface area contributed by atoms with Crippen LogP contribution in [0.2, 0.25) is 0 Å². The Morgan fingerprint density at radius 1 is 1.22 bits per heavy atom. The first kappa shape index (κ1) is 12.4. The van der Waals surface area contributed by atoms with Crippen molar-refractivity contribution in [3.05, 3.63) is 46.8 Å².